The predicted molar refractivity (Wildman–Crippen MR) is 115 cm³/mol. The Balaban J connectivity index is 1.40. The van der Waals surface area contributed by atoms with Crippen LogP contribution in [-0.2, 0) is 24.1 Å². The molecule has 2 N–H and O–H groups in total. The van der Waals surface area contributed by atoms with Crippen LogP contribution in [0.3, 0.4) is 0 Å². The van der Waals surface area contributed by atoms with Crippen molar-refractivity contribution in [1.82, 2.24) is 19.7 Å². The van der Waals surface area contributed by atoms with Gasteiger partial charge in [0.25, 0.3) is 0 Å². The predicted octanol–water partition coefficient (Wildman–Crippen LogP) is 3.58. The molecule has 0 saturated heterocycles. The van der Waals surface area contributed by atoms with E-state index in [0.717, 1.165) is 67.0 Å². The SMILES string of the molecule is Cc1cncc([C@@H](CC(=O)O)n2ccc(CCCc3ccc4c(n3)NCCC4)n2)c1. The first-order valence-corrected chi connectivity index (χ1v) is 10.5. The topological polar surface area (TPSA) is 92.9 Å². The number of carbonyl (C=O) groups is 1. The molecule has 0 unspecified atom stereocenters. The van der Waals surface area contributed by atoms with Gasteiger partial charge in [0.15, 0.2) is 0 Å². The van der Waals surface area contributed by atoms with Crippen LogP contribution in [0.2, 0.25) is 0 Å². The van der Waals surface area contributed by atoms with Crippen molar-refractivity contribution in [3.63, 3.8) is 0 Å². The quantitative estimate of drug-likeness (QED) is 0.595. The molecule has 7 heteroatoms. The van der Waals surface area contributed by atoms with Gasteiger partial charge < -0.3 is 10.4 Å². The summed E-state index contributed by atoms with van der Waals surface area (Å²) in [4.78, 5) is 20.4. The summed E-state index contributed by atoms with van der Waals surface area (Å²) in [5, 5.41) is 17.4. The Morgan fingerprint density at radius 1 is 1.23 bits per heavy atom. The van der Waals surface area contributed by atoms with Crippen LogP contribution in [0.25, 0.3) is 0 Å². The van der Waals surface area contributed by atoms with E-state index in [1.165, 1.54) is 5.56 Å². The van der Waals surface area contributed by atoms with Crippen LogP contribution in [0, 0.1) is 6.92 Å². The van der Waals surface area contributed by atoms with Crippen molar-refractivity contribution in [3.8, 4) is 0 Å². The molecule has 0 radical (unpaired) electrons. The van der Waals surface area contributed by atoms with Gasteiger partial charge in [-0.05, 0) is 67.9 Å². The molecule has 156 valence electrons. The number of fused-ring (bicyclic) bond motifs is 1. The number of carboxylic acid groups (broad SMARTS) is 1. The molecule has 0 saturated carbocycles. The molecule has 4 heterocycles. The third-order valence-corrected chi connectivity index (χ3v) is 5.45. The summed E-state index contributed by atoms with van der Waals surface area (Å²) in [5.41, 5.74) is 5.22. The van der Waals surface area contributed by atoms with Crippen molar-refractivity contribution in [1.29, 1.82) is 0 Å². The first-order valence-electron chi connectivity index (χ1n) is 10.5. The molecule has 1 atom stereocenters. The molecule has 0 bridgehead atoms. The van der Waals surface area contributed by atoms with Crippen LogP contribution in [0.5, 0.6) is 0 Å². The monoisotopic (exact) mass is 405 g/mol. The van der Waals surface area contributed by atoms with Gasteiger partial charge in [-0.15, -0.1) is 0 Å². The van der Waals surface area contributed by atoms with E-state index in [4.69, 9.17) is 4.98 Å². The Labute approximate surface area is 176 Å². The van der Waals surface area contributed by atoms with E-state index < -0.39 is 5.97 Å². The van der Waals surface area contributed by atoms with Crippen molar-refractivity contribution in [2.75, 3.05) is 11.9 Å². The number of nitrogens with one attached hydrogen (secondary N) is 1. The lowest BCUT2D eigenvalue weighted by atomic mass is 10.0. The maximum absolute atomic E-state index is 11.4. The fraction of sp³-hybridized carbons (Fsp3) is 0.391. The normalized spacial score (nSPS) is 14.0. The number of pyridine rings is 2. The Morgan fingerprint density at radius 2 is 2.10 bits per heavy atom. The minimum Gasteiger partial charge on any atom is -0.481 e. The molecule has 0 amide bonds. The van der Waals surface area contributed by atoms with Crippen molar-refractivity contribution >= 4 is 11.8 Å². The number of carboxylic acids is 1. The molecule has 1 aliphatic heterocycles. The zero-order valence-corrected chi connectivity index (χ0v) is 17.2. The smallest absolute Gasteiger partial charge is 0.305 e. The zero-order chi connectivity index (χ0) is 20.9. The van der Waals surface area contributed by atoms with Gasteiger partial charge in [0, 0.05) is 30.8 Å². The average molecular weight is 406 g/mol. The minimum atomic E-state index is -0.856. The third-order valence-electron chi connectivity index (χ3n) is 5.45. The Hall–Kier alpha value is -3.22. The van der Waals surface area contributed by atoms with Gasteiger partial charge in [-0.1, -0.05) is 12.1 Å². The van der Waals surface area contributed by atoms with Gasteiger partial charge >= 0.3 is 5.97 Å². The standard InChI is InChI=1S/C23H27N5O2/c1-16-12-18(15-24-14-16)21(13-22(29)30)28-11-9-20(27-28)6-2-5-19-8-7-17-4-3-10-25-23(17)26-19/h7-9,11-12,14-15,21H,2-6,10,13H2,1H3,(H,25,26)(H,29,30)/t21-/m1/s1. The van der Waals surface area contributed by atoms with Crippen molar-refractivity contribution in [2.45, 2.75) is 51.5 Å². The number of anilines is 1. The summed E-state index contributed by atoms with van der Waals surface area (Å²) in [7, 11) is 0. The number of nitrogens with zero attached hydrogens (tertiary/aromatic N) is 4. The molecule has 0 aromatic carbocycles. The molecule has 30 heavy (non-hydrogen) atoms. The van der Waals surface area contributed by atoms with Crippen LogP contribution >= 0.6 is 0 Å². The first kappa shape index (κ1) is 20.1. The fourth-order valence-corrected chi connectivity index (χ4v) is 3.93. The van der Waals surface area contributed by atoms with E-state index in [1.54, 1.807) is 17.1 Å². The Morgan fingerprint density at radius 3 is 2.93 bits per heavy atom. The number of rotatable bonds is 8. The van der Waals surface area contributed by atoms with Crippen LogP contribution in [0.1, 0.15) is 53.4 Å². The van der Waals surface area contributed by atoms with Crippen molar-refractivity contribution < 1.29 is 9.90 Å². The van der Waals surface area contributed by atoms with Crippen LogP contribution < -0.4 is 5.32 Å². The van der Waals surface area contributed by atoms with Gasteiger partial charge in [-0.2, -0.15) is 5.10 Å². The summed E-state index contributed by atoms with van der Waals surface area (Å²) < 4.78 is 1.75. The average Bonchev–Trinajstić information content (AvgIpc) is 3.20. The van der Waals surface area contributed by atoms with Crippen LogP contribution in [0.15, 0.2) is 42.9 Å². The van der Waals surface area contributed by atoms with E-state index in [0.29, 0.717) is 0 Å². The Bertz CT molecular complexity index is 1030. The lowest BCUT2D eigenvalue weighted by Crippen LogP contribution is -2.16. The van der Waals surface area contributed by atoms with Gasteiger partial charge in [0.1, 0.15) is 5.82 Å². The molecule has 4 rings (SSSR count). The lowest BCUT2D eigenvalue weighted by molar-refractivity contribution is -0.137. The second kappa shape index (κ2) is 9.07. The Kier molecular flexibility index (Phi) is 6.07. The number of aryl methyl sites for hydroxylation is 4. The number of hydrogen-bond acceptors (Lipinski definition) is 5. The van der Waals surface area contributed by atoms with E-state index in [1.807, 2.05) is 25.3 Å². The molecule has 7 nitrogen and oxygen atoms in total. The van der Waals surface area contributed by atoms with Crippen LogP contribution in [0.4, 0.5) is 5.82 Å². The minimum absolute atomic E-state index is 0.0295. The maximum Gasteiger partial charge on any atom is 0.305 e. The zero-order valence-electron chi connectivity index (χ0n) is 17.2. The van der Waals surface area contributed by atoms with Crippen molar-refractivity contribution in [3.05, 3.63) is 70.9 Å². The summed E-state index contributed by atoms with van der Waals surface area (Å²) in [6.45, 7) is 2.95. The van der Waals surface area contributed by atoms with E-state index in [2.05, 4.69) is 27.5 Å². The molecule has 0 spiro atoms. The maximum atomic E-state index is 11.4. The molecule has 0 aliphatic carbocycles. The van der Waals surface area contributed by atoms with E-state index in [9.17, 15) is 9.90 Å². The fourth-order valence-electron chi connectivity index (χ4n) is 3.93. The first-order chi connectivity index (χ1) is 14.6. The highest BCUT2D eigenvalue weighted by Crippen LogP contribution is 2.23. The third kappa shape index (κ3) is 4.84. The lowest BCUT2D eigenvalue weighted by Gasteiger charge is -2.17. The van der Waals surface area contributed by atoms with Gasteiger partial charge in [0.2, 0.25) is 0 Å². The highest BCUT2D eigenvalue weighted by Gasteiger charge is 2.19. The molecule has 0 fully saturated rings. The second-order valence-electron chi connectivity index (χ2n) is 7.89. The molecule has 1 aliphatic rings. The van der Waals surface area contributed by atoms with E-state index in [-0.39, 0.29) is 12.5 Å². The van der Waals surface area contributed by atoms with Crippen LogP contribution in [-0.4, -0.2) is 37.4 Å². The van der Waals surface area contributed by atoms with Gasteiger partial charge in [-0.3, -0.25) is 14.5 Å². The number of aliphatic carboxylic acids is 1. The molecular weight excluding hydrogens is 378 g/mol. The number of hydrogen-bond donors (Lipinski definition) is 2. The summed E-state index contributed by atoms with van der Waals surface area (Å²) >= 11 is 0. The second-order valence-corrected chi connectivity index (χ2v) is 7.89. The highest BCUT2D eigenvalue weighted by molar-refractivity contribution is 5.68. The summed E-state index contributed by atoms with van der Waals surface area (Å²) in [6.07, 6.45) is 10.2. The molecule has 3 aromatic rings. The van der Waals surface area contributed by atoms with Gasteiger partial charge in [0.05, 0.1) is 18.2 Å². The molecule has 3 aromatic heterocycles. The summed E-state index contributed by atoms with van der Waals surface area (Å²) in [5.74, 6) is 0.178. The largest absolute Gasteiger partial charge is 0.481 e. The highest BCUT2D eigenvalue weighted by atomic mass is 16.4. The summed E-state index contributed by atoms with van der Waals surface area (Å²) in [6, 6.07) is 7.89. The number of aromatic nitrogens is 4. The van der Waals surface area contributed by atoms with Gasteiger partial charge in [-0.25, -0.2) is 4.98 Å². The van der Waals surface area contributed by atoms with E-state index >= 15 is 0 Å². The van der Waals surface area contributed by atoms with Crippen molar-refractivity contribution in [2.24, 2.45) is 0 Å². The molecular formula is C23H27N5O2.